The Morgan fingerprint density at radius 1 is 0.979 bits per heavy atom. The Labute approximate surface area is 284 Å². The van der Waals surface area contributed by atoms with Crippen LogP contribution in [-0.4, -0.2) is 69.2 Å². The minimum absolute atomic E-state index is 0.0521. The van der Waals surface area contributed by atoms with E-state index in [1.807, 2.05) is 23.1 Å². The van der Waals surface area contributed by atoms with E-state index in [1.54, 1.807) is 7.11 Å². The molecule has 2 amide bonds. The van der Waals surface area contributed by atoms with Crippen molar-refractivity contribution in [1.82, 2.24) is 25.0 Å². The molecule has 3 fully saturated rings. The number of hydrogen-bond acceptors (Lipinski definition) is 7. The van der Waals surface area contributed by atoms with Gasteiger partial charge < -0.3 is 24.8 Å². The number of hydrogen-bond donors (Lipinski definition) is 2. The molecule has 2 aromatic heterocycles. The van der Waals surface area contributed by atoms with Crippen molar-refractivity contribution in [3.63, 3.8) is 0 Å². The molecule has 1 saturated heterocycles. The lowest BCUT2D eigenvalue weighted by molar-refractivity contribution is -0.128. The van der Waals surface area contributed by atoms with E-state index in [-0.39, 0.29) is 41.5 Å². The second kappa shape index (κ2) is 14.3. The van der Waals surface area contributed by atoms with Crippen LogP contribution in [0.5, 0.6) is 5.75 Å². The predicted molar refractivity (Wildman–Crippen MR) is 184 cm³/mol. The number of aromatic nitrogens is 3. The number of β-amino-alcohol motifs (C(OH)–C–C–N with tert-alkyl or cyclic N) is 1. The maximum absolute atomic E-state index is 13.9. The average molecular weight is 658 g/mol. The Morgan fingerprint density at radius 2 is 1.71 bits per heavy atom. The van der Waals surface area contributed by atoms with Crippen molar-refractivity contribution >= 4 is 12.0 Å². The summed E-state index contributed by atoms with van der Waals surface area (Å²) < 4.78 is 13.1. The Kier molecular flexibility index (Phi) is 10.1. The molecule has 0 radical (unpaired) electrons. The van der Waals surface area contributed by atoms with Gasteiger partial charge in [0.15, 0.2) is 0 Å². The number of nitrogens with zero attached hydrogens (tertiary/aromatic N) is 4. The molecule has 0 spiro atoms. The number of aryl methyl sites for hydroxylation is 1. The SMILES string of the molecule is COc1ccc(C2CCC(C(NC(=O)C3CCC(OC(=O)N4CC(O)C4)CC3)c3cc(-c4cnn(C(C)(C)C)c4)ccn3)CC2)cc1C. The first kappa shape index (κ1) is 34.0. The smallest absolute Gasteiger partial charge is 0.410 e. The summed E-state index contributed by atoms with van der Waals surface area (Å²) in [5, 5.41) is 17.6. The number of likely N-dealkylation sites (tertiary alicyclic amines) is 1. The monoisotopic (exact) mass is 657 g/mol. The summed E-state index contributed by atoms with van der Waals surface area (Å²) in [6, 6.07) is 10.4. The summed E-state index contributed by atoms with van der Waals surface area (Å²) >= 11 is 0. The third-order valence-electron chi connectivity index (χ3n) is 10.6. The van der Waals surface area contributed by atoms with Crippen molar-refractivity contribution in [3.05, 3.63) is 65.7 Å². The van der Waals surface area contributed by atoms with Crippen molar-refractivity contribution in [1.29, 1.82) is 0 Å². The van der Waals surface area contributed by atoms with E-state index >= 15 is 0 Å². The maximum Gasteiger partial charge on any atom is 0.410 e. The Hall–Kier alpha value is -3.92. The van der Waals surface area contributed by atoms with Crippen LogP contribution in [0, 0.1) is 18.8 Å². The predicted octanol–water partition coefficient (Wildman–Crippen LogP) is 6.52. The van der Waals surface area contributed by atoms with Crippen LogP contribution in [0.2, 0.25) is 0 Å². The van der Waals surface area contributed by atoms with Crippen LogP contribution >= 0.6 is 0 Å². The summed E-state index contributed by atoms with van der Waals surface area (Å²) in [6.07, 6.45) is 11.5. The largest absolute Gasteiger partial charge is 0.496 e. The molecule has 3 heterocycles. The lowest BCUT2D eigenvalue weighted by Crippen LogP contribution is -2.54. The van der Waals surface area contributed by atoms with E-state index in [9.17, 15) is 14.7 Å². The number of rotatable bonds is 8. The highest BCUT2D eigenvalue weighted by atomic mass is 16.6. The van der Waals surface area contributed by atoms with E-state index in [1.165, 1.54) is 10.5 Å². The third kappa shape index (κ3) is 7.69. The Bertz CT molecular complexity index is 1580. The zero-order valence-corrected chi connectivity index (χ0v) is 29.0. The van der Waals surface area contributed by atoms with E-state index in [0.717, 1.165) is 53.8 Å². The topological polar surface area (TPSA) is 119 Å². The molecule has 1 aliphatic heterocycles. The van der Waals surface area contributed by atoms with E-state index in [2.05, 4.69) is 68.6 Å². The molecule has 2 N–H and O–H groups in total. The van der Waals surface area contributed by atoms with Gasteiger partial charge in [0.2, 0.25) is 5.91 Å². The Morgan fingerprint density at radius 3 is 2.33 bits per heavy atom. The van der Waals surface area contributed by atoms with Gasteiger partial charge in [0, 0.05) is 23.9 Å². The second-order valence-corrected chi connectivity index (χ2v) is 15.1. The molecule has 3 aromatic rings. The second-order valence-electron chi connectivity index (χ2n) is 15.1. The standard InChI is InChI=1S/C38H51N5O5/c1-24-18-28(12-15-34(24)47-5)25-6-8-26(9-7-25)35(33-19-29(16-17-39-33)30-20-40-43(21-30)38(2,3)4)41-36(45)27-10-13-32(14-11-27)48-37(46)42-22-31(44)23-42/h12,15-21,25-27,31-32,35,44H,6-11,13-14,22-23H2,1-5H3,(H,41,45). The fourth-order valence-corrected chi connectivity index (χ4v) is 7.55. The van der Waals surface area contributed by atoms with Gasteiger partial charge >= 0.3 is 6.09 Å². The lowest BCUT2D eigenvalue weighted by Gasteiger charge is -2.37. The van der Waals surface area contributed by atoms with Crippen LogP contribution in [0.1, 0.15) is 101 Å². The molecular weight excluding hydrogens is 606 g/mol. The zero-order chi connectivity index (χ0) is 34.0. The van der Waals surface area contributed by atoms with Gasteiger partial charge in [-0.2, -0.15) is 5.10 Å². The highest BCUT2D eigenvalue weighted by molar-refractivity contribution is 5.79. The molecule has 48 heavy (non-hydrogen) atoms. The number of aliphatic hydroxyl groups excluding tert-OH is 1. The molecule has 1 aromatic carbocycles. The Balaban J connectivity index is 1.16. The molecule has 2 saturated carbocycles. The molecule has 258 valence electrons. The van der Waals surface area contributed by atoms with E-state index in [4.69, 9.17) is 14.5 Å². The van der Waals surface area contributed by atoms with Crippen molar-refractivity contribution in [3.8, 4) is 16.9 Å². The van der Waals surface area contributed by atoms with Crippen LogP contribution in [0.15, 0.2) is 48.9 Å². The van der Waals surface area contributed by atoms with Crippen molar-refractivity contribution in [2.75, 3.05) is 20.2 Å². The molecule has 1 unspecified atom stereocenters. The first-order chi connectivity index (χ1) is 23.0. The van der Waals surface area contributed by atoms with Crippen LogP contribution in [0.3, 0.4) is 0 Å². The summed E-state index contributed by atoms with van der Waals surface area (Å²) in [5.41, 5.74) is 5.33. The van der Waals surface area contributed by atoms with Crippen LogP contribution in [0.25, 0.3) is 11.1 Å². The fraction of sp³-hybridized carbons (Fsp3) is 0.579. The normalized spacial score (nSPS) is 24.0. The van der Waals surface area contributed by atoms with Gasteiger partial charge in [0.05, 0.1) is 49.8 Å². The van der Waals surface area contributed by atoms with Crippen molar-refractivity contribution in [2.45, 2.75) is 109 Å². The van der Waals surface area contributed by atoms with Crippen LogP contribution < -0.4 is 10.1 Å². The number of ether oxygens (including phenoxy) is 2. The first-order valence-corrected chi connectivity index (χ1v) is 17.6. The number of carbonyl (C=O) groups excluding carboxylic acids is 2. The molecule has 1 atom stereocenters. The molecule has 6 rings (SSSR count). The molecule has 10 nitrogen and oxygen atoms in total. The van der Waals surface area contributed by atoms with Crippen molar-refractivity contribution < 1.29 is 24.2 Å². The number of carbonyl (C=O) groups is 2. The van der Waals surface area contributed by atoms with Gasteiger partial charge in [-0.1, -0.05) is 12.1 Å². The number of amides is 2. The maximum atomic E-state index is 13.9. The molecular formula is C38H51N5O5. The fourth-order valence-electron chi connectivity index (χ4n) is 7.55. The van der Waals surface area contributed by atoms with Gasteiger partial charge in [0.25, 0.3) is 0 Å². The van der Waals surface area contributed by atoms with E-state index < -0.39 is 6.10 Å². The van der Waals surface area contributed by atoms with Gasteiger partial charge in [-0.25, -0.2) is 4.79 Å². The highest BCUT2D eigenvalue weighted by Crippen LogP contribution is 2.42. The zero-order valence-electron chi connectivity index (χ0n) is 29.0. The number of aliphatic hydroxyl groups is 1. The van der Waals surface area contributed by atoms with Gasteiger partial charge in [-0.3, -0.25) is 14.5 Å². The highest BCUT2D eigenvalue weighted by Gasteiger charge is 2.36. The summed E-state index contributed by atoms with van der Waals surface area (Å²) in [7, 11) is 1.71. The first-order valence-electron chi connectivity index (χ1n) is 17.6. The minimum Gasteiger partial charge on any atom is -0.496 e. The number of nitrogens with one attached hydrogen (secondary N) is 1. The number of methoxy groups -OCH3 is 1. The number of benzene rings is 1. The van der Waals surface area contributed by atoms with Gasteiger partial charge in [-0.05, 0) is 126 Å². The van der Waals surface area contributed by atoms with E-state index in [0.29, 0.717) is 44.7 Å². The van der Waals surface area contributed by atoms with Gasteiger partial charge in [0.1, 0.15) is 11.9 Å². The third-order valence-corrected chi connectivity index (χ3v) is 10.6. The number of pyridine rings is 1. The average Bonchev–Trinajstić information content (AvgIpc) is 3.58. The summed E-state index contributed by atoms with van der Waals surface area (Å²) in [6.45, 7) is 9.14. The minimum atomic E-state index is -0.456. The quantitative estimate of drug-likeness (QED) is 0.283. The van der Waals surface area contributed by atoms with Crippen LogP contribution in [-0.2, 0) is 15.1 Å². The molecule has 3 aliphatic rings. The van der Waals surface area contributed by atoms with Gasteiger partial charge in [-0.15, -0.1) is 0 Å². The molecule has 0 bridgehead atoms. The molecule has 2 aliphatic carbocycles. The lowest BCUT2D eigenvalue weighted by atomic mass is 9.74. The summed E-state index contributed by atoms with van der Waals surface area (Å²) in [4.78, 5) is 32.6. The van der Waals surface area contributed by atoms with Crippen molar-refractivity contribution in [2.24, 2.45) is 11.8 Å². The molecule has 10 heteroatoms. The summed E-state index contributed by atoms with van der Waals surface area (Å²) in [5.74, 6) is 1.56. The van der Waals surface area contributed by atoms with Crippen LogP contribution in [0.4, 0.5) is 4.79 Å².